The van der Waals surface area contributed by atoms with Crippen LogP contribution in [0.1, 0.15) is 0 Å². The van der Waals surface area contributed by atoms with Crippen molar-refractivity contribution in [2.45, 2.75) is 0 Å². The summed E-state index contributed by atoms with van der Waals surface area (Å²) in [6, 6.07) is 1.38. The standard InChI is InChI=1S/C7H7Cl2N3O2/c1-12(3-6(13)14)7-10-4(8)2-5(9)11-7/h2H,3H2,1H3,(H,13,14). The Morgan fingerprint density at radius 1 is 1.50 bits per heavy atom. The zero-order chi connectivity index (χ0) is 10.7. The van der Waals surface area contributed by atoms with Crippen molar-refractivity contribution in [3.63, 3.8) is 0 Å². The van der Waals surface area contributed by atoms with Gasteiger partial charge in [-0.05, 0) is 0 Å². The van der Waals surface area contributed by atoms with Gasteiger partial charge < -0.3 is 10.0 Å². The van der Waals surface area contributed by atoms with Crippen molar-refractivity contribution >= 4 is 35.1 Å². The fraction of sp³-hybridized carbons (Fsp3) is 0.286. The van der Waals surface area contributed by atoms with Gasteiger partial charge in [0.05, 0.1) is 0 Å². The zero-order valence-electron chi connectivity index (χ0n) is 7.24. The molecule has 0 aliphatic heterocycles. The van der Waals surface area contributed by atoms with Crippen LogP contribution in [0.25, 0.3) is 0 Å². The topological polar surface area (TPSA) is 66.3 Å². The minimum Gasteiger partial charge on any atom is -0.480 e. The first-order valence-electron chi connectivity index (χ1n) is 3.62. The SMILES string of the molecule is CN(CC(=O)O)c1nc(Cl)cc(Cl)n1. The van der Waals surface area contributed by atoms with Gasteiger partial charge in [-0.15, -0.1) is 0 Å². The Hall–Kier alpha value is -1.07. The summed E-state index contributed by atoms with van der Waals surface area (Å²) in [5.74, 6) is -0.794. The van der Waals surface area contributed by atoms with E-state index >= 15 is 0 Å². The highest BCUT2D eigenvalue weighted by Crippen LogP contribution is 2.16. The number of carbonyl (C=O) groups is 1. The second kappa shape index (κ2) is 4.43. The molecule has 0 unspecified atom stereocenters. The van der Waals surface area contributed by atoms with Crippen LogP contribution in [0.15, 0.2) is 6.07 Å². The van der Waals surface area contributed by atoms with E-state index < -0.39 is 5.97 Å². The molecule has 0 aliphatic carbocycles. The molecular formula is C7H7Cl2N3O2. The van der Waals surface area contributed by atoms with E-state index in [0.717, 1.165) is 0 Å². The number of rotatable bonds is 3. The molecule has 1 aromatic heterocycles. The fourth-order valence-corrected chi connectivity index (χ4v) is 1.24. The van der Waals surface area contributed by atoms with Gasteiger partial charge in [-0.2, -0.15) is 0 Å². The van der Waals surface area contributed by atoms with Gasteiger partial charge in [0.1, 0.15) is 16.9 Å². The summed E-state index contributed by atoms with van der Waals surface area (Å²) in [5, 5.41) is 8.88. The van der Waals surface area contributed by atoms with E-state index in [1.54, 1.807) is 0 Å². The number of likely N-dealkylation sites (N-methyl/N-ethyl adjacent to an activating group) is 1. The number of carboxylic acids is 1. The van der Waals surface area contributed by atoms with Gasteiger partial charge in [-0.3, -0.25) is 4.79 Å². The molecule has 7 heteroatoms. The van der Waals surface area contributed by atoms with Crippen LogP contribution in [-0.4, -0.2) is 34.6 Å². The second-order valence-electron chi connectivity index (χ2n) is 2.56. The molecular weight excluding hydrogens is 229 g/mol. The van der Waals surface area contributed by atoms with Crippen molar-refractivity contribution in [3.8, 4) is 0 Å². The summed E-state index contributed by atoms with van der Waals surface area (Å²) in [7, 11) is 1.54. The van der Waals surface area contributed by atoms with E-state index in [-0.39, 0.29) is 22.8 Å². The molecule has 1 aromatic rings. The lowest BCUT2D eigenvalue weighted by atomic mass is 10.5. The normalized spacial score (nSPS) is 9.93. The van der Waals surface area contributed by atoms with Crippen LogP contribution in [0.3, 0.4) is 0 Å². The Labute approximate surface area is 90.3 Å². The van der Waals surface area contributed by atoms with E-state index in [9.17, 15) is 4.79 Å². The first-order valence-corrected chi connectivity index (χ1v) is 4.37. The zero-order valence-corrected chi connectivity index (χ0v) is 8.75. The van der Waals surface area contributed by atoms with Gasteiger partial charge >= 0.3 is 5.97 Å². The molecule has 1 N–H and O–H groups in total. The molecule has 1 heterocycles. The molecule has 1 rings (SSSR count). The maximum absolute atomic E-state index is 10.4. The minimum atomic E-state index is -0.979. The summed E-state index contributed by atoms with van der Waals surface area (Å²) < 4.78 is 0. The predicted octanol–water partition coefficient (Wildman–Crippen LogP) is 1.30. The molecule has 0 fully saturated rings. The van der Waals surface area contributed by atoms with E-state index in [0.29, 0.717) is 0 Å². The monoisotopic (exact) mass is 235 g/mol. The lowest BCUT2D eigenvalue weighted by Crippen LogP contribution is -2.26. The number of halogens is 2. The van der Waals surface area contributed by atoms with Crippen LogP contribution < -0.4 is 4.90 Å². The number of carboxylic acid groups (broad SMARTS) is 1. The molecule has 0 amide bonds. The fourth-order valence-electron chi connectivity index (χ4n) is 0.823. The van der Waals surface area contributed by atoms with Gasteiger partial charge in [-0.1, -0.05) is 23.2 Å². The van der Waals surface area contributed by atoms with Crippen LogP contribution in [-0.2, 0) is 4.79 Å². The molecule has 0 saturated carbocycles. The molecule has 0 aromatic carbocycles. The lowest BCUT2D eigenvalue weighted by molar-refractivity contribution is -0.135. The van der Waals surface area contributed by atoms with E-state index in [1.807, 2.05) is 0 Å². The van der Waals surface area contributed by atoms with Crippen LogP contribution in [0.2, 0.25) is 10.3 Å². The maximum Gasteiger partial charge on any atom is 0.323 e. The van der Waals surface area contributed by atoms with Crippen molar-refractivity contribution < 1.29 is 9.90 Å². The molecule has 0 saturated heterocycles. The predicted molar refractivity (Wildman–Crippen MR) is 53.0 cm³/mol. The minimum absolute atomic E-state index is 0.178. The van der Waals surface area contributed by atoms with Crippen molar-refractivity contribution in [1.82, 2.24) is 9.97 Å². The Morgan fingerprint density at radius 3 is 2.43 bits per heavy atom. The number of aromatic nitrogens is 2. The number of aliphatic carboxylic acids is 1. The second-order valence-corrected chi connectivity index (χ2v) is 3.34. The molecule has 0 bridgehead atoms. The highest BCUT2D eigenvalue weighted by atomic mass is 35.5. The summed E-state index contributed by atoms with van der Waals surface area (Å²) in [6.07, 6.45) is 0. The van der Waals surface area contributed by atoms with Gasteiger partial charge in [0, 0.05) is 13.1 Å². The van der Waals surface area contributed by atoms with Gasteiger partial charge in [0.2, 0.25) is 5.95 Å². The average Bonchev–Trinajstić information content (AvgIpc) is 2.00. The molecule has 14 heavy (non-hydrogen) atoms. The van der Waals surface area contributed by atoms with Crippen molar-refractivity contribution in [2.24, 2.45) is 0 Å². The number of hydrogen-bond acceptors (Lipinski definition) is 4. The average molecular weight is 236 g/mol. The summed E-state index contributed by atoms with van der Waals surface area (Å²) in [5.41, 5.74) is 0. The van der Waals surface area contributed by atoms with Gasteiger partial charge in [-0.25, -0.2) is 9.97 Å². The quantitative estimate of drug-likeness (QED) is 0.801. The number of hydrogen-bond donors (Lipinski definition) is 1. The van der Waals surface area contributed by atoms with Crippen molar-refractivity contribution in [2.75, 3.05) is 18.5 Å². The Morgan fingerprint density at radius 2 is 2.00 bits per heavy atom. The third kappa shape index (κ3) is 3.01. The Kier molecular flexibility index (Phi) is 3.49. The molecule has 76 valence electrons. The van der Waals surface area contributed by atoms with Crippen LogP contribution in [0.5, 0.6) is 0 Å². The molecule has 0 atom stereocenters. The molecule has 0 radical (unpaired) electrons. The highest BCUT2D eigenvalue weighted by molar-refractivity contribution is 6.33. The van der Waals surface area contributed by atoms with Crippen molar-refractivity contribution in [1.29, 1.82) is 0 Å². The summed E-state index contributed by atoms with van der Waals surface area (Å²) in [6.45, 7) is -0.212. The first kappa shape index (κ1) is 11.0. The van der Waals surface area contributed by atoms with Gasteiger partial charge in [0.25, 0.3) is 0 Å². The van der Waals surface area contributed by atoms with Crippen molar-refractivity contribution in [3.05, 3.63) is 16.4 Å². The maximum atomic E-state index is 10.4. The number of anilines is 1. The lowest BCUT2D eigenvalue weighted by Gasteiger charge is -2.13. The van der Waals surface area contributed by atoms with Crippen LogP contribution >= 0.6 is 23.2 Å². The van der Waals surface area contributed by atoms with E-state index in [4.69, 9.17) is 28.3 Å². The Balaban J connectivity index is 2.89. The summed E-state index contributed by atoms with van der Waals surface area (Å²) >= 11 is 11.2. The smallest absolute Gasteiger partial charge is 0.323 e. The molecule has 0 spiro atoms. The molecule has 0 aliphatic rings. The largest absolute Gasteiger partial charge is 0.480 e. The first-order chi connectivity index (χ1) is 6.49. The molecule has 5 nitrogen and oxygen atoms in total. The summed E-state index contributed by atoms with van der Waals surface area (Å²) in [4.78, 5) is 19.4. The van der Waals surface area contributed by atoms with Crippen LogP contribution in [0, 0.1) is 0 Å². The van der Waals surface area contributed by atoms with E-state index in [1.165, 1.54) is 18.0 Å². The van der Waals surface area contributed by atoms with Gasteiger partial charge in [0.15, 0.2) is 0 Å². The third-order valence-corrected chi connectivity index (χ3v) is 1.75. The van der Waals surface area contributed by atoms with Crippen LogP contribution in [0.4, 0.5) is 5.95 Å². The number of nitrogens with zero attached hydrogens (tertiary/aromatic N) is 3. The highest BCUT2D eigenvalue weighted by Gasteiger charge is 2.09. The third-order valence-electron chi connectivity index (χ3n) is 1.37. The van der Waals surface area contributed by atoms with E-state index in [2.05, 4.69) is 9.97 Å². The Bertz CT molecular complexity index is 339.